The van der Waals surface area contributed by atoms with Crippen LogP contribution < -0.4 is 0 Å². The third kappa shape index (κ3) is 2.48. The highest BCUT2D eigenvalue weighted by Gasteiger charge is 1.87. The van der Waals surface area contributed by atoms with E-state index in [9.17, 15) is 9.18 Å². The topological polar surface area (TPSA) is 29.4 Å². The highest BCUT2D eigenvalue weighted by Crippen LogP contribution is 2.04. The molecule has 0 spiro atoms. The van der Waals surface area contributed by atoms with Crippen LogP contribution in [0.25, 0.3) is 6.08 Å². The van der Waals surface area contributed by atoms with Gasteiger partial charge in [-0.15, -0.1) is 0 Å². The van der Waals surface area contributed by atoms with Crippen molar-refractivity contribution in [3.63, 3.8) is 0 Å². The zero-order valence-corrected chi connectivity index (χ0v) is 6.20. The molecule has 0 aliphatic heterocycles. The monoisotopic (exact) mass is 163 g/mol. The molecule has 1 aromatic rings. The van der Waals surface area contributed by atoms with Gasteiger partial charge in [-0.25, -0.2) is 9.18 Å². The van der Waals surface area contributed by atoms with Gasteiger partial charge >= 0.3 is 0 Å². The average Bonchev–Trinajstić information content (AvgIpc) is 2.09. The molecule has 0 N–H and O–H groups in total. The van der Waals surface area contributed by atoms with E-state index >= 15 is 0 Å². The Bertz CT molecular complexity index is 323. The fourth-order valence-electron chi connectivity index (χ4n) is 0.728. The summed E-state index contributed by atoms with van der Waals surface area (Å²) in [5.74, 6) is -0.286. The summed E-state index contributed by atoms with van der Waals surface area (Å²) in [5.41, 5.74) is 0.787. The molecule has 12 heavy (non-hydrogen) atoms. The Kier molecular flexibility index (Phi) is 2.94. The maximum atomic E-state index is 12.4. The zero-order chi connectivity index (χ0) is 8.81. The largest absolute Gasteiger partial charge is 0.239 e. The van der Waals surface area contributed by atoms with Gasteiger partial charge in [0.25, 0.3) is 0 Å². The third-order valence-electron chi connectivity index (χ3n) is 1.26. The van der Waals surface area contributed by atoms with Crippen LogP contribution in [0.2, 0.25) is 0 Å². The lowest BCUT2D eigenvalue weighted by molar-refractivity contribution is 0.565. The van der Waals surface area contributed by atoms with Gasteiger partial charge in [-0.2, -0.15) is 4.99 Å². The minimum Gasteiger partial charge on any atom is -0.211 e. The van der Waals surface area contributed by atoms with Crippen molar-refractivity contribution in [2.45, 2.75) is 0 Å². The number of benzene rings is 1. The molecule has 0 fully saturated rings. The molecule has 0 atom stereocenters. The van der Waals surface area contributed by atoms with Gasteiger partial charge in [0.1, 0.15) is 5.82 Å². The van der Waals surface area contributed by atoms with Gasteiger partial charge in [0.15, 0.2) is 0 Å². The number of isocyanates is 1. The summed E-state index contributed by atoms with van der Waals surface area (Å²) in [7, 11) is 0. The number of aliphatic imine (C=N–C) groups is 1. The van der Waals surface area contributed by atoms with Crippen molar-refractivity contribution in [3.8, 4) is 0 Å². The molecule has 2 nitrogen and oxygen atoms in total. The molecule has 0 aliphatic rings. The van der Waals surface area contributed by atoms with Crippen LogP contribution in [-0.2, 0) is 4.79 Å². The number of nitrogens with zero attached hydrogens (tertiary/aromatic N) is 1. The van der Waals surface area contributed by atoms with Crippen LogP contribution in [0.5, 0.6) is 0 Å². The highest BCUT2D eigenvalue weighted by molar-refractivity contribution is 5.50. The van der Waals surface area contributed by atoms with Gasteiger partial charge < -0.3 is 0 Å². The van der Waals surface area contributed by atoms with E-state index in [0.717, 1.165) is 5.56 Å². The Hall–Kier alpha value is -1.73. The summed E-state index contributed by atoms with van der Waals surface area (Å²) in [6.45, 7) is 0. The molecule has 3 heteroatoms. The van der Waals surface area contributed by atoms with Crippen LogP contribution in [0, 0.1) is 5.82 Å². The molecular weight excluding hydrogens is 157 g/mol. The van der Waals surface area contributed by atoms with Crippen LogP contribution in [0.3, 0.4) is 0 Å². The van der Waals surface area contributed by atoms with Gasteiger partial charge in [-0.3, -0.25) is 0 Å². The van der Waals surface area contributed by atoms with Crippen molar-refractivity contribution in [2.24, 2.45) is 4.99 Å². The van der Waals surface area contributed by atoms with Crippen molar-refractivity contribution >= 4 is 12.2 Å². The molecule has 0 amide bonds. The normalized spacial score (nSPS) is 9.75. The van der Waals surface area contributed by atoms with Crippen LogP contribution in [0.4, 0.5) is 4.39 Å². The average molecular weight is 163 g/mol. The summed E-state index contributed by atoms with van der Waals surface area (Å²) < 4.78 is 12.4. The molecule has 1 aromatic carbocycles. The smallest absolute Gasteiger partial charge is 0.211 e. The van der Waals surface area contributed by atoms with Crippen LogP contribution >= 0.6 is 0 Å². The third-order valence-corrected chi connectivity index (χ3v) is 1.26. The van der Waals surface area contributed by atoms with Crippen molar-refractivity contribution in [1.29, 1.82) is 0 Å². The first-order chi connectivity index (χ1) is 5.83. The number of halogens is 1. The number of carbonyl (C=O) groups excluding carboxylic acids is 1. The predicted molar refractivity (Wildman–Crippen MR) is 43.6 cm³/mol. The van der Waals surface area contributed by atoms with Crippen molar-refractivity contribution in [3.05, 3.63) is 41.8 Å². The molecule has 60 valence electrons. The first-order valence-corrected chi connectivity index (χ1v) is 3.32. The molecule has 0 heterocycles. The standard InChI is InChI=1S/C9H6FNO/c10-9-3-1-8(2-4-9)5-6-11-7-12/h1-6H. The quantitative estimate of drug-likeness (QED) is 0.485. The SMILES string of the molecule is O=C=NC=Cc1ccc(F)cc1. The Morgan fingerprint density at radius 2 is 2.00 bits per heavy atom. The summed E-state index contributed by atoms with van der Waals surface area (Å²) >= 11 is 0. The number of hydrogen-bond donors (Lipinski definition) is 0. The van der Waals surface area contributed by atoms with E-state index in [0.29, 0.717) is 0 Å². The van der Waals surface area contributed by atoms with E-state index in [1.807, 2.05) is 0 Å². The molecular formula is C9H6FNO. The molecule has 0 saturated carbocycles. The fraction of sp³-hybridized carbons (Fsp3) is 0. The second kappa shape index (κ2) is 4.21. The molecule has 0 saturated heterocycles. The predicted octanol–water partition coefficient (Wildman–Crippen LogP) is 2.13. The van der Waals surface area contributed by atoms with E-state index in [-0.39, 0.29) is 5.82 Å². The fourth-order valence-corrected chi connectivity index (χ4v) is 0.728. The van der Waals surface area contributed by atoms with Gasteiger partial charge in [0, 0.05) is 6.20 Å². The van der Waals surface area contributed by atoms with Crippen molar-refractivity contribution in [1.82, 2.24) is 0 Å². The Morgan fingerprint density at radius 3 is 2.58 bits per heavy atom. The minimum absolute atomic E-state index is 0.286. The van der Waals surface area contributed by atoms with Gasteiger partial charge in [0.2, 0.25) is 6.08 Å². The summed E-state index contributed by atoms with van der Waals surface area (Å²) in [6, 6.07) is 5.85. The Labute approximate surface area is 69.1 Å². The zero-order valence-electron chi connectivity index (χ0n) is 6.20. The van der Waals surface area contributed by atoms with Gasteiger partial charge in [-0.1, -0.05) is 12.1 Å². The molecule has 0 bridgehead atoms. The van der Waals surface area contributed by atoms with E-state index < -0.39 is 0 Å². The minimum atomic E-state index is -0.286. The first kappa shape index (κ1) is 8.37. The van der Waals surface area contributed by atoms with Gasteiger partial charge in [-0.05, 0) is 23.8 Å². The molecule has 0 unspecified atom stereocenters. The second-order valence-corrected chi connectivity index (χ2v) is 2.09. The lowest BCUT2D eigenvalue weighted by Crippen LogP contribution is -1.73. The van der Waals surface area contributed by atoms with Crippen LogP contribution in [0.15, 0.2) is 35.5 Å². The Balaban J connectivity index is 2.77. The highest BCUT2D eigenvalue weighted by atomic mass is 19.1. The van der Waals surface area contributed by atoms with E-state index in [4.69, 9.17) is 0 Å². The van der Waals surface area contributed by atoms with Crippen molar-refractivity contribution in [2.75, 3.05) is 0 Å². The maximum absolute atomic E-state index is 12.4. The number of hydrogen-bond acceptors (Lipinski definition) is 2. The summed E-state index contributed by atoms with van der Waals surface area (Å²) in [5, 5.41) is 0. The number of rotatable bonds is 2. The molecule has 0 radical (unpaired) electrons. The second-order valence-electron chi connectivity index (χ2n) is 2.09. The molecule has 0 aliphatic carbocycles. The summed E-state index contributed by atoms with van der Waals surface area (Å²) in [4.78, 5) is 12.9. The van der Waals surface area contributed by atoms with Crippen LogP contribution in [-0.4, -0.2) is 6.08 Å². The van der Waals surface area contributed by atoms with Crippen LogP contribution in [0.1, 0.15) is 5.56 Å². The van der Waals surface area contributed by atoms with Gasteiger partial charge in [0.05, 0.1) is 0 Å². The first-order valence-electron chi connectivity index (χ1n) is 3.32. The maximum Gasteiger partial charge on any atom is 0.239 e. The summed E-state index contributed by atoms with van der Waals surface area (Å²) in [6.07, 6.45) is 4.26. The lowest BCUT2D eigenvalue weighted by atomic mass is 10.2. The van der Waals surface area contributed by atoms with Crippen molar-refractivity contribution < 1.29 is 9.18 Å². The molecule has 0 aromatic heterocycles. The van der Waals surface area contributed by atoms with E-state index in [2.05, 4.69) is 4.99 Å². The lowest BCUT2D eigenvalue weighted by Gasteiger charge is -1.89. The molecule has 1 rings (SSSR count). The van der Waals surface area contributed by atoms with E-state index in [1.165, 1.54) is 24.4 Å². The Morgan fingerprint density at radius 1 is 1.33 bits per heavy atom. The van der Waals surface area contributed by atoms with E-state index in [1.54, 1.807) is 18.2 Å².